The monoisotopic (exact) mass is 340 g/mol. The summed E-state index contributed by atoms with van der Waals surface area (Å²) >= 11 is 6.04. The summed E-state index contributed by atoms with van der Waals surface area (Å²) < 4.78 is 12.8. The fourth-order valence-electron chi connectivity index (χ4n) is 3.20. The van der Waals surface area contributed by atoms with Crippen LogP contribution < -0.4 is 15.2 Å². The molecule has 0 fully saturated rings. The first-order valence-corrected chi connectivity index (χ1v) is 7.66. The number of pyridine rings is 1. The van der Waals surface area contributed by atoms with Gasteiger partial charge in [-0.25, -0.2) is 4.98 Å². The summed E-state index contributed by atoms with van der Waals surface area (Å²) in [6, 6.07) is 5.75. The van der Waals surface area contributed by atoms with Crippen molar-refractivity contribution in [2.75, 3.05) is 12.5 Å². The third-order valence-electron chi connectivity index (χ3n) is 4.21. The van der Waals surface area contributed by atoms with Crippen molar-refractivity contribution in [3.8, 4) is 23.3 Å². The van der Waals surface area contributed by atoms with Crippen LogP contribution in [-0.2, 0) is 0 Å². The van der Waals surface area contributed by atoms with Gasteiger partial charge in [0.05, 0.1) is 10.7 Å². The minimum atomic E-state index is 0.193. The van der Waals surface area contributed by atoms with E-state index in [9.17, 15) is 5.26 Å². The Bertz CT molecular complexity index is 1050. The van der Waals surface area contributed by atoms with Crippen LogP contribution in [0.3, 0.4) is 0 Å². The van der Waals surface area contributed by atoms with Crippen LogP contribution in [0.15, 0.2) is 18.3 Å². The second kappa shape index (κ2) is 5.05. The molecule has 4 rings (SSSR count). The number of anilines is 1. The van der Waals surface area contributed by atoms with Crippen molar-refractivity contribution in [2.45, 2.75) is 13.8 Å². The standard InChI is InChI=1S/C17H13ClN4O2/c1-8-3-13-15(24-7-23-13)9(2)14(8)22-16(20)12(5-19)11-4-10(18)6-21-17(11)22/h3-4,6H,7,20H2,1-2H3. The number of nitrogens with zero attached hydrogens (tertiary/aromatic N) is 3. The van der Waals surface area contributed by atoms with E-state index in [1.807, 2.05) is 19.9 Å². The Balaban J connectivity index is 2.13. The lowest BCUT2D eigenvalue weighted by molar-refractivity contribution is 0.173. The highest BCUT2D eigenvalue weighted by Gasteiger charge is 2.25. The number of halogens is 1. The molecule has 120 valence electrons. The normalized spacial score (nSPS) is 12.6. The molecule has 0 amide bonds. The first kappa shape index (κ1) is 14.7. The van der Waals surface area contributed by atoms with Crippen LogP contribution in [0.25, 0.3) is 16.7 Å². The van der Waals surface area contributed by atoms with Gasteiger partial charge in [-0.15, -0.1) is 0 Å². The average molecular weight is 341 g/mol. The van der Waals surface area contributed by atoms with Crippen LogP contribution in [0.1, 0.15) is 16.7 Å². The topological polar surface area (TPSA) is 86.1 Å². The molecule has 0 aliphatic carbocycles. The van der Waals surface area contributed by atoms with E-state index in [0.29, 0.717) is 38.9 Å². The van der Waals surface area contributed by atoms with Gasteiger partial charge in [0.15, 0.2) is 11.5 Å². The van der Waals surface area contributed by atoms with E-state index in [4.69, 9.17) is 26.8 Å². The largest absolute Gasteiger partial charge is 0.454 e. The SMILES string of the molecule is Cc1cc2c(c(C)c1-n1c(N)c(C#N)c3cc(Cl)cnc31)OCO2. The van der Waals surface area contributed by atoms with Crippen molar-refractivity contribution >= 4 is 28.5 Å². The number of hydrogen-bond donors (Lipinski definition) is 1. The fraction of sp³-hybridized carbons (Fsp3) is 0.176. The van der Waals surface area contributed by atoms with E-state index in [1.165, 1.54) is 0 Å². The molecule has 3 heterocycles. The fourth-order valence-corrected chi connectivity index (χ4v) is 3.36. The van der Waals surface area contributed by atoms with Crippen LogP contribution >= 0.6 is 11.6 Å². The quantitative estimate of drug-likeness (QED) is 0.733. The lowest BCUT2D eigenvalue weighted by Crippen LogP contribution is -2.06. The van der Waals surface area contributed by atoms with E-state index in [0.717, 1.165) is 16.8 Å². The van der Waals surface area contributed by atoms with Gasteiger partial charge < -0.3 is 15.2 Å². The maximum Gasteiger partial charge on any atom is 0.231 e. The highest BCUT2D eigenvalue weighted by atomic mass is 35.5. The average Bonchev–Trinajstić information content (AvgIpc) is 3.10. The second-order valence-electron chi connectivity index (χ2n) is 5.63. The molecular weight excluding hydrogens is 328 g/mol. The molecule has 1 aromatic carbocycles. The highest BCUT2D eigenvalue weighted by molar-refractivity contribution is 6.31. The Morgan fingerprint density at radius 2 is 2.12 bits per heavy atom. The summed E-state index contributed by atoms with van der Waals surface area (Å²) in [5.41, 5.74) is 9.88. The molecule has 6 nitrogen and oxygen atoms in total. The Morgan fingerprint density at radius 3 is 2.88 bits per heavy atom. The Morgan fingerprint density at radius 1 is 1.33 bits per heavy atom. The van der Waals surface area contributed by atoms with Crippen LogP contribution in [0.4, 0.5) is 5.82 Å². The number of hydrogen-bond acceptors (Lipinski definition) is 5. The maximum absolute atomic E-state index is 9.50. The number of nitrogens with two attached hydrogens (primary N) is 1. The molecule has 2 N–H and O–H groups in total. The van der Waals surface area contributed by atoms with Crippen LogP contribution in [0, 0.1) is 25.2 Å². The zero-order valence-corrected chi connectivity index (χ0v) is 13.8. The third kappa shape index (κ3) is 1.85. The number of nitrogen functional groups attached to an aromatic ring is 1. The molecule has 0 bridgehead atoms. The zero-order chi connectivity index (χ0) is 17.0. The number of aryl methyl sites for hydroxylation is 1. The summed E-state index contributed by atoms with van der Waals surface area (Å²) in [7, 11) is 0. The van der Waals surface area contributed by atoms with Crippen molar-refractivity contribution < 1.29 is 9.47 Å². The minimum absolute atomic E-state index is 0.193. The van der Waals surface area contributed by atoms with Gasteiger partial charge in [0, 0.05) is 17.1 Å². The summed E-state index contributed by atoms with van der Waals surface area (Å²) in [6.45, 7) is 4.08. The number of fused-ring (bicyclic) bond motifs is 2. The molecule has 1 aliphatic heterocycles. The lowest BCUT2D eigenvalue weighted by Gasteiger charge is -2.15. The number of aromatic nitrogens is 2. The van der Waals surface area contributed by atoms with Gasteiger partial charge in [0.1, 0.15) is 23.1 Å². The molecule has 0 saturated carbocycles. The van der Waals surface area contributed by atoms with E-state index in [-0.39, 0.29) is 6.79 Å². The Labute approximate surface area is 143 Å². The molecule has 2 aromatic heterocycles. The van der Waals surface area contributed by atoms with Crippen LogP contribution in [0.5, 0.6) is 11.5 Å². The van der Waals surface area contributed by atoms with E-state index in [2.05, 4.69) is 11.1 Å². The summed E-state index contributed by atoms with van der Waals surface area (Å²) in [6.07, 6.45) is 1.54. The molecule has 24 heavy (non-hydrogen) atoms. The molecule has 0 spiro atoms. The predicted octanol–water partition coefficient (Wildman–Crippen LogP) is 3.48. The molecule has 0 atom stereocenters. The Kier molecular flexibility index (Phi) is 3.08. The van der Waals surface area contributed by atoms with Gasteiger partial charge in [0.2, 0.25) is 6.79 Å². The molecule has 0 saturated heterocycles. The molecule has 7 heteroatoms. The van der Waals surface area contributed by atoms with Crippen molar-refractivity contribution in [2.24, 2.45) is 0 Å². The van der Waals surface area contributed by atoms with Gasteiger partial charge in [-0.2, -0.15) is 5.26 Å². The lowest BCUT2D eigenvalue weighted by atomic mass is 10.1. The van der Waals surface area contributed by atoms with E-state index >= 15 is 0 Å². The van der Waals surface area contributed by atoms with Crippen molar-refractivity contribution in [3.05, 3.63) is 40.0 Å². The van der Waals surface area contributed by atoms with E-state index < -0.39 is 0 Å². The summed E-state index contributed by atoms with van der Waals surface area (Å²) in [4.78, 5) is 4.39. The first-order valence-electron chi connectivity index (χ1n) is 7.28. The summed E-state index contributed by atoms with van der Waals surface area (Å²) in [5, 5.41) is 10.6. The number of rotatable bonds is 1. The minimum Gasteiger partial charge on any atom is -0.454 e. The van der Waals surface area contributed by atoms with Crippen LogP contribution in [0.2, 0.25) is 5.02 Å². The Hall–Kier alpha value is -2.91. The van der Waals surface area contributed by atoms with Crippen molar-refractivity contribution in [3.63, 3.8) is 0 Å². The second-order valence-corrected chi connectivity index (χ2v) is 6.07. The molecular formula is C17H13ClN4O2. The number of benzene rings is 1. The zero-order valence-electron chi connectivity index (χ0n) is 13.1. The smallest absolute Gasteiger partial charge is 0.231 e. The molecule has 0 unspecified atom stereocenters. The molecule has 3 aromatic rings. The number of nitriles is 1. The maximum atomic E-state index is 9.50. The predicted molar refractivity (Wildman–Crippen MR) is 90.8 cm³/mol. The van der Waals surface area contributed by atoms with E-state index in [1.54, 1.807) is 16.8 Å². The van der Waals surface area contributed by atoms with Crippen molar-refractivity contribution in [1.82, 2.24) is 9.55 Å². The molecule has 0 radical (unpaired) electrons. The number of ether oxygens (including phenoxy) is 2. The van der Waals surface area contributed by atoms with Gasteiger partial charge in [-0.1, -0.05) is 11.6 Å². The summed E-state index contributed by atoms with van der Waals surface area (Å²) in [5.74, 6) is 1.72. The third-order valence-corrected chi connectivity index (χ3v) is 4.41. The van der Waals surface area contributed by atoms with Crippen LogP contribution in [-0.4, -0.2) is 16.3 Å². The van der Waals surface area contributed by atoms with Crippen molar-refractivity contribution in [1.29, 1.82) is 5.26 Å². The van der Waals surface area contributed by atoms with Gasteiger partial charge in [-0.05, 0) is 31.5 Å². The molecule has 1 aliphatic rings. The van der Waals surface area contributed by atoms with Gasteiger partial charge >= 0.3 is 0 Å². The van der Waals surface area contributed by atoms with Gasteiger partial charge in [0.25, 0.3) is 0 Å². The van der Waals surface area contributed by atoms with Gasteiger partial charge in [-0.3, -0.25) is 4.57 Å². The first-order chi connectivity index (χ1) is 11.5. The highest BCUT2D eigenvalue weighted by Crippen LogP contribution is 2.42.